The van der Waals surface area contributed by atoms with Gasteiger partial charge in [0.25, 0.3) is 5.91 Å². The number of hydrogen-bond donors (Lipinski definition) is 2. The highest BCUT2D eigenvalue weighted by molar-refractivity contribution is 7.92. The van der Waals surface area contributed by atoms with E-state index in [1.165, 1.54) is 0 Å². The van der Waals surface area contributed by atoms with Gasteiger partial charge in [-0.3, -0.25) is 9.52 Å². The minimum absolute atomic E-state index is 0.310. The highest BCUT2D eigenvalue weighted by atomic mass is 32.2. The lowest BCUT2D eigenvalue weighted by Crippen LogP contribution is -2.29. The van der Waals surface area contributed by atoms with Crippen LogP contribution in [0, 0.1) is 6.92 Å². The Hall–Kier alpha value is -1.64. The molecule has 130 valence electrons. The second kappa shape index (κ2) is 8.85. The number of rotatable bonds is 9. The molecular weight excluding hydrogens is 320 g/mol. The molecule has 0 aliphatic carbocycles. The summed E-state index contributed by atoms with van der Waals surface area (Å²) in [4.78, 5) is 12.2. The minimum Gasteiger partial charge on any atom is -0.379 e. The van der Waals surface area contributed by atoms with Crippen molar-refractivity contribution >= 4 is 27.3 Å². The van der Waals surface area contributed by atoms with Gasteiger partial charge in [-0.05, 0) is 38.5 Å². The van der Waals surface area contributed by atoms with Crippen molar-refractivity contribution in [2.45, 2.75) is 26.9 Å². The van der Waals surface area contributed by atoms with Crippen molar-refractivity contribution in [3.8, 4) is 0 Å². The van der Waals surface area contributed by atoms with Crippen LogP contribution in [0.2, 0.25) is 0 Å². The third-order valence-electron chi connectivity index (χ3n) is 2.90. The van der Waals surface area contributed by atoms with Crippen LogP contribution in [0.5, 0.6) is 0 Å². The number of nitrogens with one attached hydrogen (secondary N) is 2. The van der Waals surface area contributed by atoms with Crippen LogP contribution in [0.4, 0.5) is 11.4 Å². The molecule has 0 saturated carbocycles. The van der Waals surface area contributed by atoms with E-state index >= 15 is 0 Å². The summed E-state index contributed by atoms with van der Waals surface area (Å²) in [5.41, 5.74) is 1.60. The summed E-state index contributed by atoms with van der Waals surface area (Å²) in [5, 5.41) is 2.68. The third kappa shape index (κ3) is 7.45. The maximum Gasteiger partial charge on any atom is 0.253 e. The number of carbonyl (C=O) groups is 1. The van der Waals surface area contributed by atoms with Gasteiger partial charge in [0.15, 0.2) is 0 Å². The van der Waals surface area contributed by atoms with E-state index in [0.717, 1.165) is 11.8 Å². The standard InChI is InChI=1S/C15H24N2O5S/c1-5-21-8-9-22-12(3)15(18)16-14-10-11(2)6-7-13(14)17-23(4,19)20/h6-7,10,12,17H,5,8-9H2,1-4H3,(H,16,18)/t12-/m0/s1. The summed E-state index contributed by atoms with van der Waals surface area (Å²) in [6.45, 7) is 6.67. The van der Waals surface area contributed by atoms with Crippen LogP contribution >= 0.6 is 0 Å². The molecule has 1 amide bonds. The Labute approximate surface area is 137 Å². The van der Waals surface area contributed by atoms with E-state index in [-0.39, 0.29) is 5.91 Å². The first-order chi connectivity index (χ1) is 10.7. The van der Waals surface area contributed by atoms with Crippen LogP contribution in [-0.4, -0.2) is 46.5 Å². The van der Waals surface area contributed by atoms with Crippen molar-refractivity contribution in [3.63, 3.8) is 0 Å². The molecule has 0 heterocycles. The van der Waals surface area contributed by atoms with E-state index < -0.39 is 16.1 Å². The lowest BCUT2D eigenvalue weighted by atomic mass is 10.2. The highest BCUT2D eigenvalue weighted by Gasteiger charge is 2.16. The minimum atomic E-state index is -3.44. The van der Waals surface area contributed by atoms with Crippen LogP contribution in [-0.2, 0) is 24.3 Å². The predicted octanol–water partition coefficient (Wildman–Crippen LogP) is 1.75. The first kappa shape index (κ1) is 19.4. The van der Waals surface area contributed by atoms with Crippen LogP contribution in [0.1, 0.15) is 19.4 Å². The number of hydrogen-bond acceptors (Lipinski definition) is 5. The van der Waals surface area contributed by atoms with Gasteiger partial charge in [0.2, 0.25) is 10.0 Å². The summed E-state index contributed by atoms with van der Waals surface area (Å²) >= 11 is 0. The fourth-order valence-electron chi connectivity index (χ4n) is 1.79. The summed E-state index contributed by atoms with van der Waals surface area (Å²) in [7, 11) is -3.44. The van der Waals surface area contributed by atoms with Crippen LogP contribution in [0.25, 0.3) is 0 Å². The zero-order chi connectivity index (χ0) is 17.5. The molecule has 0 saturated heterocycles. The summed E-state index contributed by atoms with van der Waals surface area (Å²) < 4.78 is 35.7. The molecule has 0 aromatic heterocycles. The van der Waals surface area contributed by atoms with E-state index in [2.05, 4.69) is 10.0 Å². The Morgan fingerprint density at radius 3 is 2.57 bits per heavy atom. The molecule has 1 aromatic rings. The zero-order valence-electron chi connectivity index (χ0n) is 13.9. The van der Waals surface area contributed by atoms with E-state index in [0.29, 0.717) is 31.2 Å². The number of benzene rings is 1. The Balaban J connectivity index is 2.74. The SMILES string of the molecule is CCOCCO[C@@H](C)C(=O)Nc1cc(C)ccc1NS(C)(=O)=O. The summed E-state index contributed by atoms with van der Waals surface area (Å²) in [6, 6.07) is 5.05. The first-order valence-corrected chi connectivity index (χ1v) is 9.20. The maximum atomic E-state index is 12.2. The third-order valence-corrected chi connectivity index (χ3v) is 3.49. The second-order valence-electron chi connectivity index (χ2n) is 5.12. The molecule has 1 atom stereocenters. The number of ether oxygens (including phenoxy) is 2. The van der Waals surface area contributed by atoms with Crippen LogP contribution in [0.15, 0.2) is 18.2 Å². The fourth-order valence-corrected chi connectivity index (χ4v) is 2.37. The van der Waals surface area contributed by atoms with Gasteiger partial charge in [-0.2, -0.15) is 0 Å². The topological polar surface area (TPSA) is 93.7 Å². The van der Waals surface area contributed by atoms with Gasteiger partial charge in [-0.15, -0.1) is 0 Å². The molecule has 0 bridgehead atoms. The molecule has 23 heavy (non-hydrogen) atoms. The van der Waals surface area contributed by atoms with Crippen molar-refractivity contribution in [2.24, 2.45) is 0 Å². The van der Waals surface area contributed by atoms with Crippen molar-refractivity contribution in [1.82, 2.24) is 0 Å². The molecule has 0 unspecified atom stereocenters. The maximum absolute atomic E-state index is 12.2. The molecule has 2 N–H and O–H groups in total. The highest BCUT2D eigenvalue weighted by Crippen LogP contribution is 2.24. The van der Waals surface area contributed by atoms with E-state index in [4.69, 9.17) is 9.47 Å². The molecule has 1 aromatic carbocycles. The van der Waals surface area contributed by atoms with Gasteiger partial charge in [0.1, 0.15) is 6.10 Å². The number of anilines is 2. The normalized spacial score (nSPS) is 12.7. The Morgan fingerprint density at radius 1 is 1.26 bits per heavy atom. The van der Waals surface area contributed by atoms with Crippen LogP contribution in [0.3, 0.4) is 0 Å². The molecule has 7 nitrogen and oxygen atoms in total. The second-order valence-corrected chi connectivity index (χ2v) is 6.87. The van der Waals surface area contributed by atoms with Crippen molar-refractivity contribution in [1.29, 1.82) is 0 Å². The van der Waals surface area contributed by atoms with Gasteiger partial charge >= 0.3 is 0 Å². The lowest BCUT2D eigenvalue weighted by molar-refractivity contribution is -0.127. The van der Waals surface area contributed by atoms with Gasteiger partial charge < -0.3 is 14.8 Å². The number of carbonyl (C=O) groups excluding carboxylic acids is 1. The van der Waals surface area contributed by atoms with Gasteiger partial charge in [0.05, 0.1) is 30.8 Å². The van der Waals surface area contributed by atoms with E-state index in [1.54, 1.807) is 25.1 Å². The zero-order valence-corrected chi connectivity index (χ0v) is 14.7. The molecule has 8 heteroatoms. The number of amides is 1. The molecular formula is C15H24N2O5S. The monoisotopic (exact) mass is 344 g/mol. The molecule has 0 aliphatic heterocycles. The molecule has 0 spiro atoms. The number of sulfonamides is 1. The Bertz CT molecular complexity index is 631. The molecule has 1 rings (SSSR count). The number of aryl methyl sites for hydroxylation is 1. The smallest absolute Gasteiger partial charge is 0.253 e. The molecule has 0 radical (unpaired) electrons. The van der Waals surface area contributed by atoms with E-state index in [1.807, 2.05) is 13.8 Å². The molecule has 0 fully saturated rings. The van der Waals surface area contributed by atoms with E-state index in [9.17, 15) is 13.2 Å². The van der Waals surface area contributed by atoms with Gasteiger partial charge in [0, 0.05) is 6.61 Å². The summed E-state index contributed by atoms with van der Waals surface area (Å²) in [6.07, 6.45) is 0.375. The van der Waals surface area contributed by atoms with Crippen molar-refractivity contribution < 1.29 is 22.7 Å². The quantitative estimate of drug-likeness (QED) is 0.666. The predicted molar refractivity (Wildman–Crippen MR) is 90.2 cm³/mol. The fraction of sp³-hybridized carbons (Fsp3) is 0.533. The lowest BCUT2D eigenvalue weighted by Gasteiger charge is -2.16. The summed E-state index contributed by atoms with van der Waals surface area (Å²) in [5.74, 6) is -0.358. The Morgan fingerprint density at radius 2 is 1.96 bits per heavy atom. The Kier molecular flexibility index (Phi) is 7.47. The average Bonchev–Trinajstić information content (AvgIpc) is 2.45. The van der Waals surface area contributed by atoms with Crippen molar-refractivity contribution in [3.05, 3.63) is 23.8 Å². The van der Waals surface area contributed by atoms with Gasteiger partial charge in [-0.1, -0.05) is 6.07 Å². The first-order valence-electron chi connectivity index (χ1n) is 7.31. The largest absolute Gasteiger partial charge is 0.379 e. The van der Waals surface area contributed by atoms with Gasteiger partial charge in [-0.25, -0.2) is 8.42 Å². The molecule has 0 aliphatic rings. The average molecular weight is 344 g/mol. The van der Waals surface area contributed by atoms with Crippen LogP contribution < -0.4 is 10.0 Å². The van der Waals surface area contributed by atoms with Crippen molar-refractivity contribution in [2.75, 3.05) is 36.1 Å².